The summed E-state index contributed by atoms with van der Waals surface area (Å²) < 4.78 is 0. The molecule has 0 bridgehead atoms. The summed E-state index contributed by atoms with van der Waals surface area (Å²) in [4.78, 5) is 14.3. The fraction of sp³-hybridized carbons (Fsp3) is 0.533. The summed E-state index contributed by atoms with van der Waals surface area (Å²) in [5.74, 6) is 0.402. The van der Waals surface area contributed by atoms with Crippen molar-refractivity contribution in [1.82, 2.24) is 0 Å². The number of carbonyl (C=O) groups excluding carboxylic acids is 1. The Morgan fingerprint density at radius 3 is 2.94 bits per heavy atom. The number of hydrogen-bond acceptors (Lipinski definition) is 1. The summed E-state index contributed by atoms with van der Waals surface area (Å²) in [6, 6.07) is 6.41. The zero-order chi connectivity index (χ0) is 12.4. The van der Waals surface area contributed by atoms with Crippen molar-refractivity contribution >= 4 is 11.6 Å². The summed E-state index contributed by atoms with van der Waals surface area (Å²) in [5, 5.41) is 0. The van der Waals surface area contributed by atoms with Gasteiger partial charge < -0.3 is 4.90 Å². The van der Waals surface area contributed by atoms with Gasteiger partial charge in [0.2, 0.25) is 5.91 Å². The molecule has 0 fully saturated rings. The molecule has 1 unspecified atom stereocenters. The van der Waals surface area contributed by atoms with Crippen molar-refractivity contribution in [3.05, 3.63) is 29.3 Å². The zero-order valence-corrected chi connectivity index (χ0v) is 11.0. The van der Waals surface area contributed by atoms with E-state index in [4.69, 9.17) is 0 Å². The number of carbonyl (C=O) groups is 1. The number of anilines is 1. The summed E-state index contributed by atoms with van der Waals surface area (Å²) in [7, 11) is 0. The van der Waals surface area contributed by atoms with E-state index >= 15 is 0 Å². The average molecular weight is 231 g/mol. The van der Waals surface area contributed by atoms with Gasteiger partial charge in [0.05, 0.1) is 0 Å². The van der Waals surface area contributed by atoms with Gasteiger partial charge in [-0.1, -0.05) is 31.5 Å². The number of aryl methyl sites for hydroxylation is 2. The van der Waals surface area contributed by atoms with Gasteiger partial charge in [0, 0.05) is 18.2 Å². The van der Waals surface area contributed by atoms with Crippen LogP contribution in [0, 0.1) is 12.8 Å². The molecule has 1 heterocycles. The number of hydrogen-bond donors (Lipinski definition) is 0. The van der Waals surface area contributed by atoms with E-state index in [1.807, 2.05) is 11.8 Å². The second-order valence-corrected chi connectivity index (χ2v) is 5.03. The van der Waals surface area contributed by atoms with Gasteiger partial charge in [0.25, 0.3) is 0 Å². The molecule has 1 amide bonds. The van der Waals surface area contributed by atoms with Crippen LogP contribution in [0.15, 0.2) is 18.2 Å². The lowest BCUT2D eigenvalue weighted by Gasteiger charge is -2.31. The Morgan fingerprint density at radius 2 is 2.24 bits per heavy atom. The van der Waals surface area contributed by atoms with Gasteiger partial charge >= 0.3 is 0 Å². The molecular weight excluding hydrogens is 210 g/mol. The molecule has 1 aliphatic heterocycles. The minimum atomic E-state index is 0.127. The molecule has 0 saturated carbocycles. The molecular formula is C15H21NO. The first kappa shape index (κ1) is 12.2. The molecule has 2 heteroatoms. The van der Waals surface area contributed by atoms with E-state index in [0.717, 1.165) is 31.5 Å². The maximum absolute atomic E-state index is 12.3. The minimum Gasteiger partial charge on any atom is -0.312 e. The molecule has 0 radical (unpaired) electrons. The quantitative estimate of drug-likeness (QED) is 0.764. The van der Waals surface area contributed by atoms with Crippen LogP contribution < -0.4 is 4.90 Å². The number of rotatable bonds is 2. The van der Waals surface area contributed by atoms with Crippen LogP contribution in [0.1, 0.15) is 37.8 Å². The summed E-state index contributed by atoms with van der Waals surface area (Å²) in [6.07, 6.45) is 3.09. The van der Waals surface area contributed by atoms with Crippen LogP contribution in [-0.4, -0.2) is 12.5 Å². The summed E-state index contributed by atoms with van der Waals surface area (Å²) in [5.41, 5.74) is 3.74. The first-order chi connectivity index (χ1) is 8.13. The summed E-state index contributed by atoms with van der Waals surface area (Å²) in [6.45, 7) is 7.07. The second-order valence-electron chi connectivity index (χ2n) is 5.03. The van der Waals surface area contributed by atoms with Gasteiger partial charge in [0.15, 0.2) is 0 Å². The Bertz CT molecular complexity index is 425. The van der Waals surface area contributed by atoms with Crippen LogP contribution in [0.3, 0.4) is 0 Å². The topological polar surface area (TPSA) is 20.3 Å². The van der Waals surface area contributed by atoms with Crippen molar-refractivity contribution < 1.29 is 4.79 Å². The van der Waals surface area contributed by atoms with Crippen LogP contribution in [0.25, 0.3) is 0 Å². The predicted octanol–water partition coefficient (Wildman–Crippen LogP) is 3.32. The highest BCUT2D eigenvalue weighted by Crippen LogP contribution is 2.29. The van der Waals surface area contributed by atoms with Crippen LogP contribution in [0.2, 0.25) is 0 Å². The third-order valence-electron chi connectivity index (χ3n) is 3.65. The SMILES string of the molecule is CCC(C)C(=O)N1CCCc2cc(C)ccc21. The molecule has 2 rings (SSSR count). The Hall–Kier alpha value is -1.31. The van der Waals surface area contributed by atoms with E-state index in [1.54, 1.807) is 0 Å². The molecule has 1 aliphatic rings. The molecule has 0 aliphatic carbocycles. The smallest absolute Gasteiger partial charge is 0.229 e. The number of amides is 1. The van der Waals surface area contributed by atoms with Crippen LogP contribution in [-0.2, 0) is 11.2 Å². The monoisotopic (exact) mass is 231 g/mol. The maximum Gasteiger partial charge on any atom is 0.229 e. The van der Waals surface area contributed by atoms with E-state index in [2.05, 4.69) is 32.0 Å². The standard InChI is InChI=1S/C15H21NO/c1-4-12(3)15(17)16-9-5-6-13-10-11(2)7-8-14(13)16/h7-8,10,12H,4-6,9H2,1-3H3. The molecule has 0 spiro atoms. The third-order valence-corrected chi connectivity index (χ3v) is 3.65. The predicted molar refractivity (Wildman–Crippen MR) is 71.3 cm³/mol. The molecule has 92 valence electrons. The van der Waals surface area contributed by atoms with Crippen LogP contribution in [0.5, 0.6) is 0 Å². The van der Waals surface area contributed by atoms with Gasteiger partial charge in [-0.3, -0.25) is 4.79 Å². The van der Waals surface area contributed by atoms with Crippen LogP contribution >= 0.6 is 0 Å². The van der Waals surface area contributed by atoms with Gasteiger partial charge in [-0.05, 0) is 37.8 Å². The normalized spacial score (nSPS) is 16.5. The lowest BCUT2D eigenvalue weighted by atomic mass is 9.97. The Balaban J connectivity index is 2.31. The lowest BCUT2D eigenvalue weighted by Crippen LogP contribution is -2.38. The Morgan fingerprint density at radius 1 is 1.47 bits per heavy atom. The van der Waals surface area contributed by atoms with Crippen LogP contribution in [0.4, 0.5) is 5.69 Å². The van der Waals surface area contributed by atoms with Crippen molar-refractivity contribution in [3.8, 4) is 0 Å². The highest BCUT2D eigenvalue weighted by molar-refractivity contribution is 5.96. The van der Waals surface area contributed by atoms with Crippen molar-refractivity contribution in [2.24, 2.45) is 5.92 Å². The fourth-order valence-electron chi connectivity index (χ4n) is 2.40. The van der Waals surface area contributed by atoms with Crippen molar-refractivity contribution in [2.45, 2.75) is 40.0 Å². The average Bonchev–Trinajstić information content (AvgIpc) is 2.35. The molecule has 2 nitrogen and oxygen atoms in total. The van der Waals surface area contributed by atoms with Gasteiger partial charge in [-0.2, -0.15) is 0 Å². The fourth-order valence-corrected chi connectivity index (χ4v) is 2.40. The van der Waals surface area contributed by atoms with E-state index in [-0.39, 0.29) is 11.8 Å². The van der Waals surface area contributed by atoms with E-state index < -0.39 is 0 Å². The highest BCUT2D eigenvalue weighted by Gasteiger charge is 2.25. The third kappa shape index (κ3) is 2.36. The molecule has 1 atom stereocenters. The first-order valence-electron chi connectivity index (χ1n) is 6.54. The molecule has 1 aromatic rings. The van der Waals surface area contributed by atoms with Gasteiger partial charge in [-0.15, -0.1) is 0 Å². The molecule has 17 heavy (non-hydrogen) atoms. The lowest BCUT2D eigenvalue weighted by molar-refractivity contribution is -0.122. The Labute approximate surface area is 104 Å². The van der Waals surface area contributed by atoms with Gasteiger partial charge in [-0.25, -0.2) is 0 Å². The number of nitrogens with zero attached hydrogens (tertiary/aromatic N) is 1. The number of benzene rings is 1. The maximum atomic E-state index is 12.3. The molecule has 0 aromatic heterocycles. The van der Waals surface area contributed by atoms with Gasteiger partial charge in [0.1, 0.15) is 0 Å². The first-order valence-corrected chi connectivity index (χ1v) is 6.54. The van der Waals surface area contributed by atoms with E-state index in [0.29, 0.717) is 0 Å². The second kappa shape index (κ2) is 4.91. The Kier molecular flexibility index (Phi) is 3.51. The minimum absolute atomic E-state index is 0.127. The van der Waals surface area contributed by atoms with Crippen molar-refractivity contribution in [3.63, 3.8) is 0 Å². The molecule has 0 N–H and O–H groups in total. The van der Waals surface area contributed by atoms with E-state index in [1.165, 1.54) is 11.1 Å². The largest absolute Gasteiger partial charge is 0.312 e. The molecule has 1 aromatic carbocycles. The zero-order valence-electron chi connectivity index (χ0n) is 11.0. The highest BCUT2D eigenvalue weighted by atomic mass is 16.2. The van der Waals surface area contributed by atoms with Crippen molar-refractivity contribution in [2.75, 3.05) is 11.4 Å². The van der Waals surface area contributed by atoms with E-state index in [9.17, 15) is 4.79 Å². The number of fused-ring (bicyclic) bond motifs is 1. The molecule has 0 saturated heterocycles. The summed E-state index contributed by atoms with van der Waals surface area (Å²) >= 11 is 0. The van der Waals surface area contributed by atoms with Crippen molar-refractivity contribution in [1.29, 1.82) is 0 Å².